The fourth-order valence-corrected chi connectivity index (χ4v) is 2.16. The predicted octanol–water partition coefficient (Wildman–Crippen LogP) is 1.46. The number of Topliss-reactive ketones (excluding diaryl/α,β-unsaturated/α-hetero) is 1. The zero-order valence-corrected chi connectivity index (χ0v) is 11.2. The van der Waals surface area contributed by atoms with Crippen molar-refractivity contribution in [2.45, 2.75) is 0 Å². The van der Waals surface area contributed by atoms with Crippen molar-refractivity contribution in [3.63, 3.8) is 0 Å². The lowest BCUT2D eigenvalue weighted by atomic mass is 10.1. The number of carbonyl (C=O) groups excluding carboxylic acids is 1. The van der Waals surface area contributed by atoms with Gasteiger partial charge < -0.3 is 4.90 Å². The molecule has 1 aromatic carbocycles. The number of benzene rings is 1. The Kier molecular flexibility index (Phi) is 4.24. The van der Waals surface area contributed by atoms with Crippen LogP contribution < -0.4 is 0 Å². The molecule has 0 unspecified atom stereocenters. The van der Waals surface area contributed by atoms with Crippen LogP contribution in [0.1, 0.15) is 10.4 Å². The second-order valence-corrected chi connectivity index (χ2v) is 6.05. The Morgan fingerprint density at radius 1 is 1.22 bits per heavy atom. The molecule has 0 saturated carbocycles. The molecule has 6 heteroatoms. The average molecular weight is 271 g/mol. The Bertz CT molecular complexity index is 574. The first-order chi connectivity index (χ1) is 8.21. The monoisotopic (exact) mass is 271 g/mol. The normalized spacial score (nSPS) is 12.3. The molecule has 0 atom stereocenters. The number of ketones is 1. The van der Waals surface area contributed by atoms with Gasteiger partial charge in [-0.3, -0.25) is 4.79 Å². The number of allylic oxidation sites excluding steroid dienone is 1. The first kappa shape index (κ1) is 14.4. The Morgan fingerprint density at radius 3 is 2.11 bits per heavy atom. The van der Waals surface area contributed by atoms with Gasteiger partial charge in [0.1, 0.15) is 10.7 Å². The minimum absolute atomic E-state index is 0.134. The van der Waals surface area contributed by atoms with Crippen molar-refractivity contribution < 1.29 is 17.6 Å². The molecule has 1 aromatic rings. The quantitative estimate of drug-likeness (QED) is 0.614. The van der Waals surface area contributed by atoms with Crippen LogP contribution in [0.15, 0.2) is 35.4 Å². The molecule has 18 heavy (non-hydrogen) atoms. The molecule has 0 heterocycles. The fourth-order valence-electron chi connectivity index (χ4n) is 1.30. The summed E-state index contributed by atoms with van der Waals surface area (Å²) in [6, 6.07) is 4.74. The van der Waals surface area contributed by atoms with Gasteiger partial charge in [0.05, 0.1) is 0 Å². The van der Waals surface area contributed by atoms with Crippen LogP contribution in [0.5, 0.6) is 0 Å². The van der Waals surface area contributed by atoms with E-state index in [0.717, 1.165) is 18.4 Å². The van der Waals surface area contributed by atoms with E-state index in [0.29, 0.717) is 0 Å². The minimum Gasteiger partial charge on any atom is -0.382 e. The number of sulfone groups is 1. The number of hydrogen-bond acceptors (Lipinski definition) is 4. The molecule has 0 amide bonds. The van der Waals surface area contributed by atoms with E-state index in [1.54, 1.807) is 14.1 Å². The second kappa shape index (κ2) is 5.30. The molecule has 0 saturated heterocycles. The number of halogens is 1. The zero-order chi connectivity index (χ0) is 13.9. The molecule has 0 aliphatic rings. The largest absolute Gasteiger partial charge is 0.382 e. The summed E-state index contributed by atoms with van der Waals surface area (Å²) in [6.45, 7) is 0. The van der Waals surface area contributed by atoms with Gasteiger partial charge >= 0.3 is 0 Å². The van der Waals surface area contributed by atoms with Crippen molar-refractivity contribution >= 4 is 15.6 Å². The summed E-state index contributed by atoms with van der Waals surface area (Å²) in [5.41, 5.74) is 0.134. The summed E-state index contributed by atoms with van der Waals surface area (Å²) in [4.78, 5) is 13.2. The van der Waals surface area contributed by atoms with Gasteiger partial charge in [0.15, 0.2) is 9.84 Å². The Labute approximate surface area is 106 Å². The lowest BCUT2D eigenvalue weighted by Gasteiger charge is -2.09. The smallest absolute Gasteiger partial charge is 0.205 e. The van der Waals surface area contributed by atoms with Gasteiger partial charge in [-0.05, 0) is 24.3 Å². The highest BCUT2D eigenvalue weighted by Crippen LogP contribution is 2.14. The van der Waals surface area contributed by atoms with Crippen LogP contribution in [-0.4, -0.2) is 39.5 Å². The SMILES string of the molecule is CN(C)C=C(C(=O)c1ccc(F)cc1)S(C)(=O)=O. The summed E-state index contributed by atoms with van der Waals surface area (Å²) in [6.07, 6.45) is 2.20. The topological polar surface area (TPSA) is 54.5 Å². The predicted molar refractivity (Wildman–Crippen MR) is 67.3 cm³/mol. The van der Waals surface area contributed by atoms with Crippen molar-refractivity contribution in [3.05, 3.63) is 46.8 Å². The minimum atomic E-state index is -3.64. The van der Waals surface area contributed by atoms with E-state index < -0.39 is 21.4 Å². The summed E-state index contributed by atoms with van der Waals surface area (Å²) in [5, 5.41) is 0. The van der Waals surface area contributed by atoms with Crippen molar-refractivity contribution in [3.8, 4) is 0 Å². The van der Waals surface area contributed by atoms with Crippen LogP contribution in [0.3, 0.4) is 0 Å². The van der Waals surface area contributed by atoms with E-state index in [1.165, 1.54) is 23.2 Å². The maximum atomic E-state index is 12.7. The third kappa shape index (κ3) is 3.66. The Balaban J connectivity index is 3.24. The standard InChI is InChI=1S/C12H14FNO3S/c1-14(2)8-11(18(3,16)17)12(15)9-4-6-10(13)7-5-9/h4-8H,1-3H3. The molecular weight excluding hydrogens is 257 g/mol. The third-order valence-electron chi connectivity index (χ3n) is 2.11. The summed E-state index contributed by atoms with van der Waals surface area (Å²) in [5.74, 6) is -1.13. The first-order valence-corrected chi connectivity index (χ1v) is 6.99. The summed E-state index contributed by atoms with van der Waals surface area (Å²) >= 11 is 0. The molecule has 0 aliphatic heterocycles. The molecule has 1 rings (SSSR count). The van der Waals surface area contributed by atoms with Crippen molar-refractivity contribution in [1.29, 1.82) is 0 Å². The maximum Gasteiger partial charge on any atom is 0.205 e. The molecule has 0 aliphatic carbocycles. The van der Waals surface area contributed by atoms with Gasteiger partial charge in [-0.15, -0.1) is 0 Å². The number of hydrogen-bond donors (Lipinski definition) is 0. The lowest BCUT2D eigenvalue weighted by molar-refractivity contribution is 0.104. The molecule has 98 valence electrons. The highest BCUT2D eigenvalue weighted by molar-refractivity contribution is 7.95. The zero-order valence-electron chi connectivity index (χ0n) is 10.3. The van der Waals surface area contributed by atoms with E-state index >= 15 is 0 Å². The van der Waals surface area contributed by atoms with E-state index in [1.807, 2.05) is 0 Å². The highest BCUT2D eigenvalue weighted by atomic mass is 32.2. The van der Waals surface area contributed by atoms with Crippen LogP contribution in [0.2, 0.25) is 0 Å². The molecular formula is C12H14FNO3S. The highest BCUT2D eigenvalue weighted by Gasteiger charge is 2.22. The van der Waals surface area contributed by atoms with Crippen LogP contribution in [-0.2, 0) is 9.84 Å². The molecule has 0 fully saturated rings. The fraction of sp³-hybridized carbons (Fsp3) is 0.250. The molecule has 0 spiro atoms. The van der Waals surface area contributed by atoms with Crippen LogP contribution in [0, 0.1) is 5.82 Å². The van der Waals surface area contributed by atoms with Gasteiger partial charge in [-0.25, -0.2) is 12.8 Å². The van der Waals surface area contributed by atoms with Crippen LogP contribution >= 0.6 is 0 Å². The van der Waals surface area contributed by atoms with Crippen molar-refractivity contribution in [2.75, 3.05) is 20.4 Å². The average Bonchev–Trinajstić information content (AvgIpc) is 2.24. The number of rotatable bonds is 4. The molecule has 0 N–H and O–H groups in total. The number of carbonyl (C=O) groups is 1. The third-order valence-corrected chi connectivity index (χ3v) is 3.19. The maximum absolute atomic E-state index is 12.7. The van der Waals surface area contributed by atoms with Gasteiger partial charge in [0.25, 0.3) is 0 Å². The van der Waals surface area contributed by atoms with Crippen molar-refractivity contribution in [2.24, 2.45) is 0 Å². The van der Waals surface area contributed by atoms with Crippen LogP contribution in [0.25, 0.3) is 0 Å². The van der Waals surface area contributed by atoms with Gasteiger partial charge in [-0.2, -0.15) is 0 Å². The van der Waals surface area contributed by atoms with Crippen molar-refractivity contribution in [1.82, 2.24) is 4.90 Å². The Hall–Kier alpha value is -1.69. The molecule has 0 radical (unpaired) electrons. The van der Waals surface area contributed by atoms with Gasteiger partial charge in [0, 0.05) is 32.1 Å². The molecule has 4 nitrogen and oxygen atoms in total. The molecule has 0 bridgehead atoms. The van der Waals surface area contributed by atoms with E-state index in [9.17, 15) is 17.6 Å². The molecule has 0 aromatic heterocycles. The Morgan fingerprint density at radius 2 is 1.72 bits per heavy atom. The van der Waals surface area contributed by atoms with Crippen LogP contribution in [0.4, 0.5) is 4.39 Å². The summed E-state index contributed by atoms with van der Waals surface area (Å²) in [7, 11) is -0.413. The second-order valence-electron chi connectivity index (χ2n) is 4.07. The van der Waals surface area contributed by atoms with Gasteiger partial charge in [-0.1, -0.05) is 0 Å². The first-order valence-electron chi connectivity index (χ1n) is 5.10. The lowest BCUT2D eigenvalue weighted by Crippen LogP contribution is -2.16. The van der Waals surface area contributed by atoms with Gasteiger partial charge in [0.2, 0.25) is 5.78 Å². The van der Waals surface area contributed by atoms with E-state index in [4.69, 9.17) is 0 Å². The summed E-state index contributed by atoms with van der Waals surface area (Å²) < 4.78 is 35.9. The van der Waals surface area contributed by atoms with E-state index in [-0.39, 0.29) is 10.5 Å². The van der Waals surface area contributed by atoms with E-state index in [2.05, 4.69) is 0 Å². The number of nitrogens with zero attached hydrogens (tertiary/aromatic N) is 1.